The molecule has 0 bridgehead atoms. The number of hydrogen-bond donors (Lipinski definition) is 1. The summed E-state index contributed by atoms with van der Waals surface area (Å²) in [5, 5.41) is 11.1. The van der Waals surface area contributed by atoms with E-state index in [4.69, 9.17) is 0 Å². The molecule has 1 N–H and O–H groups in total. The number of halogens is 1. The molecule has 1 unspecified atom stereocenters. The van der Waals surface area contributed by atoms with Crippen LogP contribution in [0.2, 0.25) is 0 Å². The number of carbonyl (C=O) groups excluding carboxylic acids is 1. The van der Waals surface area contributed by atoms with E-state index in [-0.39, 0.29) is 0 Å². The average molecular weight is 356 g/mol. The lowest BCUT2D eigenvalue weighted by atomic mass is 10.2. The summed E-state index contributed by atoms with van der Waals surface area (Å²) in [6, 6.07) is 18.3. The predicted molar refractivity (Wildman–Crippen MR) is 97.0 cm³/mol. The van der Waals surface area contributed by atoms with E-state index >= 15 is 0 Å². The van der Waals surface area contributed by atoms with Crippen LogP contribution in [-0.4, -0.2) is 26.2 Å². The molecule has 1 amide bonds. The van der Waals surface area contributed by atoms with Crippen LogP contribution in [0.1, 0.15) is 6.92 Å². The summed E-state index contributed by atoms with van der Waals surface area (Å²) in [6.45, 7) is 2.50. The molecule has 0 saturated carbocycles. The largest absolute Gasteiger partial charge is 0.323 e. The van der Waals surface area contributed by atoms with Crippen LogP contribution in [0.5, 0.6) is 0 Å². The zero-order valence-corrected chi connectivity index (χ0v) is 14.4. The standard InChI is InChI=1S/C18H17FN4OS/c1-2-23-16(13-9-5-3-6-10-13)21-22-18(23)25-15(19)17(24)20-14-11-7-4-8-12-14/h3-12,15H,2H2,1H3,(H,20,24). The predicted octanol–water partition coefficient (Wildman–Crippen LogP) is 3.99. The minimum atomic E-state index is -1.78. The van der Waals surface area contributed by atoms with Crippen molar-refractivity contribution in [3.05, 3.63) is 60.7 Å². The van der Waals surface area contributed by atoms with Crippen LogP contribution in [0.3, 0.4) is 0 Å². The first kappa shape index (κ1) is 17.2. The maximum absolute atomic E-state index is 14.4. The Morgan fingerprint density at radius 1 is 1.12 bits per heavy atom. The van der Waals surface area contributed by atoms with E-state index in [1.807, 2.05) is 43.3 Å². The maximum Gasteiger partial charge on any atom is 0.269 e. The maximum atomic E-state index is 14.4. The first-order valence-electron chi connectivity index (χ1n) is 7.84. The van der Waals surface area contributed by atoms with Gasteiger partial charge in [-0.15, -0.1) is 10.2 Å². The molecule has 0 aliphatic rings. The number of amides is 1. The van der Waals surface area contributed by atoms with E-state index in [9.17, 15) is 9.18 Å². The lowest BCUT2D eigenvalue weighted by Crippen LogP contribution is -2.21. The molecule has 128 valence electrons. The van der Waals surface area contributed by atoms with Gasteiger partial charge >= 0.3 is 0 Å². The number of anilines is 1. The van der Waals surface area contributed by atoms with Crippen LogP contribution < -0.4 is 5.32 Å². The van der Waals surface area contributed by atoms with Gasteiger partial charge in [-0.3, -0.25) is 4.79 Å². The van der Waals surface area contributed by atoms with Crippen molar-refractivity contribution in [3.63, 3.8) is 0 Å². The van der Waals surface area contributed by atoms with Gasteiger partial charge in [-0.2, -0.15) is 0 Å². The number of nitrogens with one attached hydrogen (secondary N) is 1. The number of rotatable bonds is 6. The Labute approximate surface area is 149 Å². The minimum absolute atomic E-state index is 0.372. The van der Waals surface area contributed by atoms with E-state index in [1.54, 1.807) is 28.8 Å². The van der Waals surface area contributed by atoms with Gasteiger partial charge < -0.3 is 9.88 Å². The van der Waals surface area contributed by atoms with Crippen molar-refractivity contribution < 1.29 is 9.18 Å². The number of hydrogen-bond acceptors (Lipinski definition) is 4. The third kappa shape index (κ3) is 4.06. The van der Waals surface area contributed by atoms with E-state index in [0.29, 0.717) is 23.2 Å². The van der Waals surface area contributed by atoms with Gasteiger partial charge in [-0.05, 0) is 30.8 Å². The molecule has 0 fully saturated rings. The van der Waals surface area contributed by atoms with Crippen molar-refractivity contribution in [1.29, 1.82) is 0 Å². The highest BCUT2D eigenvalue weighted by atomic mass is 32.2. The minimum Gasteiger partial charge on any atom is -0.323 e. The molecule has 0 spiro atoms. The second-order valence-corrected chi connectivity index (χ2v) is 6.22. The Balaban J connectivity index is 1.74. The summed E-state index contributed by atoms with van der Waals surface area (Å²) in [7, 11) is 0. The van der Waals surface area contributed by atoms with Crippen LogP contribution in [0.15, 0.2) is 65.8 Å². The topological polar surface area (TPSA) is 59.8 Å². The highest BCUT2D eigenvalue weighted by molar-refractivity contribution is 8.00. The number of alkyl halides is 1. The average Bonchev–Trinajstić information content (AvgIpc) is 3.05. The lowest BCUT2D eigenvalue weighted by molar-refractivity contribution is -0.118. The van der Waals surface area contributed by atoms with Gasteiger partial charge in [0.25, 0.3) is 5.91 Å². The summed E-state index contributed by atoms with van der Waals surface area (Å²) >= 11 is 0.748. The Kier molecular flexibility index (Phi) is 5.45. The number of thioether (sulfide) groups is 1. The SMILES string of the molecule is CCn1c(SC(F)C(=O)Nc2ccccc2)nnc1-c1ccccc1. The van der Waals surface area contributed by atoms with E-state index < -0.39 is 11.4 Å². The lowest BCUT2D eigenvalue weighted by Gasteiger charge is -2.10. The number of carbonyl (C=O) groups is 1. The third-order valence-corrected chi connectivity index (χ3v) is 4.46. The molecule has 0 radical (unpaired) electrons. The normalized spacial score (nSPS) is 11.9. The zero-order valence-electron chi connectivity index (χ0n) is 13.6. The Morgan fingerprint density at radius 2 is 1.76 bits per heavy atom. The Morgan fingerprint density at radius 3 is 2.40 bits per heavy atom. The second-order valence-electron chi connectivity index (χ2n) is 5.21. The van der Waals surface area contributed by atoms with Gasteiger partial charge in [0.05, 0.1) is 0 Å². The van der Waals surface area contributed by atoms with Crippen molar-refractivity contribution in [2.24, 2.45) is 0 Å². The van der Waals surface area contributed by atoms with Gasteiger partial charge in [0.1, 0.15) is 0 Å². The Hall–Kier alpha value is -2.67. The van der Waals surface area contributed by atoms with Crippen LogP contribution >= 0.6 is 11.8 Å². The monoisotopic (exact) mass is 356 g/mol. The molecule has 25 heavy (non-hydrogen) atoms. The molecular weight excluding hydrogens is 339 g/mol. The molecule has 0 aliphatic carbocycles. The van der Waals surface area contributed by atoms with Crippen molar-refractivity contribution in [2.45, 2.75) is 24.1 Å². The molecule has 7 heteroatoms. The van der Waals surface area contributed by atoms with Gasteiger partial charge in [-0.25, -0.2) is 4.39 Å². The molecule has 1 heterocycles. The molecule has 0 aliphatic heterocycles. The van der Waals surface area contributed by atoms with Crippen molar-refractivity contribution in [3.8, 4) is 11.4 Å². The third-order valence-electron chi connectivity index (χ3n) is 3.52. The van der Waals surface area contributed by atoms with Gasteiger partial charge in [0.15, 0.2) is 11.0 Å². The van der Waals surface area contributed by atoms with Crippen LogP contribution in [-0.2, 0) is 11.3 Å². The van der Waals surface area contributed by atoms with Crippen LogP contribution in [0.25, 0.3) is 11.4 Å². The van der Waals surface area contributed by atoms with Crippen molar-refractivity contribution in [2.75, 3.05) is 5.32 Å². The quantitative estimate of drug-likeness (QED) is 0.679. The molecular formula is C18H17FN4OS. The fraction of sp³-hybridized carbons (Fsp3) is 0.167. The van der Waals surface area contributed by atoms with E-state index in [2.05, 4.69) is 15.5 Å². The molecule has 0 saturated heterocycles. The van der Waals surface area contributed by atoms with E-state index in [1.165, 1.54) is 0 Å². The van der Waals surface area contributed by atoms with Crippen LogP contribution in [0.4, 0.5) is 10.1 Å². The summed E-state index contributed by atoms with van der Waals surface area (Å²) < 4.78 is 16.2. The second kappa shape index (κ2) is 7.94. The molecule has 5 nitrogen and oxygen atoms in total. The molecule has 1 aromatic heterocycles. The van der Waals surface area contributed by atoms with Gasteiger partial charge in [0.2, 0.25) is 5.50 Å². The fourth-order valence-corrected chi connectivity index (χ4v) is 3.11. The van der Waals surface area contributed by atoms with E-state index in [0.717, 1.165) is 17.3 Å². The summed E-state index contributed by atoms with van der Waals surface area (Å²) in [6.07, 6.45) is 0. The zero-order chi connectivity index (χ0) is 17.6. The number of nitrogens with zero attached hydrogens (tertiary/aromatic N) is 3. The highest BCUT2D eigenvalue weighted by Gasteiger charge is 2.23. The summed E-state index contributed by atoms with van der Waals surface area (Å²) in [5.74, 6) is -0.0654. The van der Waals surface area contributed by atoms with Crippen LogP contribution in [0, 0.1) is 0 Å². The fourth-order valence-electron chi connectivity index (χ4n) is 2.33. The highest BCUT2D eigenvalue weighted by Crippen LogP contribution is 2.28. The smallest absolute Gasteiger partial charge is 0.269 e. The number of para-hydroxylation sites is 1. The molecule has 1 atom stereocenters. The number of benzene rings is 2. The first-order chi connectivity index (χ1) is 12.2. The van der Waals surface area contributed by atoms with Gasteiger partial charge in [-0.1, -0.05) is 48.5 Å². The van der Waals surface area contributed by atoms with Crippen molar-refractivity contribution >= 4 is 23.4 Å². The molecule has 3 rings (SSSR count). The number of aromatic nitrogens is 3. The Bertz CT molecular complexity index is 839. The summed E-state index contributed by atoms with van der Waals surface area (Å²) in [5.41, 5.74) is -0.330. The molecule has 3 aromatic rings. The van der Waals surface area contributed by atoms with Crippen molar-refractivity contribution in [1.82, 2.24) is 14.8 Å². The summed E-state index contributed by atoms with van der Waals surface area (Å²) in [4.78, 5) is 12.0. The first-order valence-corrected chi connectivity index (χ1v) is 8.72. The molecule has 2 aromatic carbocycles. The van der Waals surface area contributed by atoms with Gasteiger partial charge in [0, 0.05) is 17.8 Å².